The first-order valence-corrected chi connectivity index (χ1v) is 5.64. The third-order valence-corrected chi connectivity index (χ3v) is 2.74. The van der Waals surface area contributed by atoms with Gasteiger partial charge >= 0.3 is 0 Å². The Labute approximate surface area is 112 Å². The smallest absolute Gasteiger partial charge is 0.261 e. The summed E-state index contributed by atoms with van der Waals surface area (Å²) in [6.07, 6.45) is 1.47. The van der Waals surface area contributed by atoms with Gasteiger partial charge in [0.15, 0.2) is 17.5 Å². The molecule has 0 fully saturated rings. The minimum absolute atomic E-state index is 0.0255. The zero-order valence-corrected chi connectivity index (χ0v) is 10.3. The van der Waals surface area contributed by atoms with Gasteiger partial charge in [-0.15, -0.1) is 0 Å². The summed E-state index contributed by atoms with van der Waals surface area (Å²) in [6.45, 7) is 0.0442. The molecule has 0 radical (unpaired) electrons. The van der Waals surface area contributed by atoms with Crippen LogP contribution < -0.4 is 11.3 Å². The molecular weight excluding hydrogens is 268 g/mol. The van der Waals surface area contributed by atoms with Crippen molar-refractivity contribution in [3.63, 3.8) is 0 Å². The summed E-state index contributed by atoms with van der Waals surface area (Å²) in [5, 5.41) is 11.3. The van der Waals surface area contributed by atoms with Gasteiger partial charge in [-0.1, -0.05) is 11.2 Å². The molecule has 1 aromatic heterocycles. The Kier molecular flexibility index (Phi) is 3.79. The molecule has 2 aromatic rings. The van der Waals surface area contributed by atoms with Crippen LogP contribution in [0.15, 0.2) is 46.5 Å². The molecule has 104 valence electrons. The molecule has 0 unspecified atom stereocenters. The summed E-state index contributed by atoms with van der Waals surface area (Å²) in [4.78, 5) is 12.0. The van der Waals surface area contributed by atoms with Crippen molar-refractivity contribution in [1.82, 2.24) is 4.57 Å². The van der Waals surface area contributed by atoms with E-state index in [2.05, 4.69) is 5.16 Å². The van der Waals surface area contributed by atoms with Crippen molar-refractivity contribution in [3.05, 3.63) is 69.6 Å². The molecule has 0 saturated heterocycles. The quantitative estimate of drug-likeness (QED) is 0.384. The minimum Gasteiger partial charge on any atom is -0.409 e. The Bertz CT molecular complexity index is 726. The fourth-order valence-electron chi connectivity index (χ4n) is 1.74. The molecule has 0 spiro atoms. The third kappa shape index (κ3) is 2.66. The molecule has 0 aliphatic rings. The van der Waals surface area contributed by atoms with E-state index < -0.39 is 17.2 Å². The molecule has 2 rings (SSSR count). The molecule has 0 aliphatic carbocycles. The highest BCUT2D eigenvalue weighted by Crippen LogP contribution is 2.09. The third-order valence-electron chi connectivity index (χ3n) is 2.74. The predicted molar refractivity (Wildman–Crippen MR) is 68.7 cm³/mol. The maximum absolute atomic E-state index is 13.1. The Morgan fingerprint density at radius 1 is 1.30 bits per heavy atom. The summed E-state index contributed by atoms with van der Waals surface area (Å²) in [5.41, 5.74) is 5.33. The normalized spacial score (nSPS) is 11.6. The van der Waals surface area contributed by atoms with Crippen LogP contribution in [0.5, 0.6) is 0 Å². The van der Waals surface area contributed by atoms with E-state index in [1.807, 2.05) is 0 Å². The maximum atomic E-state index is 13.1. The average molecular weight is 279 g/mol. The minimum atomic E-state index is -0.983. The Balaban J connectivity index is 2.39. The number of halogens is 2. The number of benzene rings is 1. The molecule has 0 amide bonds. The van der Waals surface area contributed by atoms with Gasteiger partial charge in [-0.3, -0.25) is 4.79 Å². The van der Waals surface area contributed by atoms with E-state index >= 15 is 0 Å². The van der Waals surface area contributed by atoms with Crippen LogP contribution in [0.4, 0.5) is 8.78 Å². The molecule has 1 heterocycles. The molecule has 0 aliphatic heterocycles. The number of amidine groups is 1. The summed E-state index contributed by atoms with van der Waals surface area (Å²) in [6, 6.07) is 6.32. The number of nitrogens with two attached hydrogens (primary N) is 1. The summed E-state index contributed by atoms with van der Waals surface area (Å²) in [7, 11) is 0. The van der Waals surface area contributed by atoms with Crippen molar-refractivity contribution in [2.24, 2.45) is 10.9 Å². The first-order chi connectivity index (χ1) is 9.52. The van der Waals surface area contributed by atoms with Gasteiger partial charge in [0.25, 0.3) is 5.56 Å². The van der Waals surface area contributed by atoms with E-state index in [1.54, 1.807) is 0 Å². The van der Waals surface area contributed by atoms with Crippen LogP contribution in [0.2, 0.25) is 0 Å². The Morgan fingerprint density at radius 2 is 2.05 bits per heavy atom. The number of nitrogens with zero attached hydrogens (tertiary/aromatic N) is 2. The van der Waals surface area contributed by atoms with E-state index in [-0.39, 0.29) is 17.9 Å². The van der Waals surface area contributed by atoms with Crippen molar-refractivity contribution in [1.29, 1.82) is 0 Å². The van der Waals surface area contributed by atoms with Gasteiger partial charge in [-0.05, 0) is 29.8 Å². The highest BCUT2D eigenvalue weighted by atomic mass is 19.2. The van der Waals surface area contributed by atoms with Crippen LogP contribution in [-0.4, -0.2) is 15.6 Å². The molecule has 20 heavy (non-hydrogen) atoms. The van der Waals surface area contributed by atoms with Crippen LogP contribution in [0.3, 0.4) is 0 Å². The SMILES string of the molecule is N/C(=N/O)c1cccn(Cc2ccc(F)c(F)c2)c1=O. The van der Waals surface area contributed by atoms with E-state index in [0.29, 0.717) is 5.56 Å². The highest BCUT2D eigenvalue weighted by molar-refractivity contribution is 5.96. The number of hydrogen-bond donors (Lipinski definition) is 2. The van der Waals surface area contributed by atoms with Crippen LogP contribution in [0, 0.1) is 11.6 Å². The molecule has 3 N–H and O–H groups in total. The molecule has 5 nitrogen and oxygen atoms in total. The molecule has 0 atom stereocenters. The molecular formula is C13H11F2N3O2. The van der Waals surface area contributed by atoms with E-state index in [0.717, 1.165) is 12.1 Å². The second kappa shape index (κ2) is 5.52. The predicted octanol–water partition coefficient (Wildman–Crippen LogP) is 1.27. The van der Waals surface area contributed by atoms with E-state index in [1.165, 1.54) is 29.0 Å². The van der Waals surface area contributed by atoms with Gasteiger partial charge in [0.05, 0.1) is 12.1 Å². The molecule has 0 bridgehead atoms. The number of oxime groups is 1. The number of rotatable bonds is 3. The largest absolute Gasteiger partial charge is 0.409 e. The van der Waals surface area contributed by atoms with E-state index in [4.69, 9.17) is 10.9 Å². The van der Waals surface area contributed by atoms with Gasteiger partial charge in [-0.2, -0.15) is 0 Å². The standard InChI is InChI=1S/C13H11F2N3O2/c14-10-4-3-8(6-11(10)15)7-18-5-1-2-9(13(18)19)12(16)17-20/h1-6,20H,7H2,(H2,16,17). The van der Waals surface area contributed by atoms with Crippen molar-refractivity contribution in [2.75, 3.05) is 0 Å². The fraction of sp³-hybridized carbons (Fsp3) is 0.0769. The Hall–Kier alpha value is -2.70. The summed E-state index contributed by atoms with van der Waals surface area (Å²) < 4.78 is 27.2. The number of aromatic nitrogens is 1. The van der Waals surface area contributed by atoms with Gasteiger partial charge in [0, 0.05) is 6.20 Å². The van der Waals surface area contributed by atoms with E-state index in [9.17, 15) is 13.6 Å². The molecule has 7 heteroatoms. The monoisotopic (exact) mass is 279 g/mol. The fourth-order valence-corrected chi connectivity index (χ4v) is 1.74. The van der Waals surface area contributed by atoms with Gasteiger partial charge < -0.3 is 15.5 Å². The van der Waals surface area contributed by atoms with Crippen molar-refractivity contribution in [2.45, 2.75) is 6.54 Å². The highest BCUT2D eigenvalue weighted by Gasteiger charge is 2.09. The molecule has 0 saturated carbocycles. The summed E-state index contributed by atoms with van der Waals surface area (Å²) in [5.74, 6) is -2.25. The zero-order valence-electron chi connectivity index (χ0n) is 10.3. The van der Waals surface area contributed by atoms with Gasteiger partial charge in [0.2, 0.25) is 0 Å². The average Bonchev–Trinajstić information content (AvgIpc) is 2.44. The lowest BCUT2D eigenvalue weighted by molar-refractivity contribution is 0.318. The van der Waals surface area contributed by atoms with Crippen LogP contribution >= 0.6 is 0 Å². The van der Waals surface area contributed by atoms with Gasteiger partial charge in [-0.25, -0.2) is 8.78 Å². The van der Waals surface area contributed by atoms with Crippen LogP contribution in [0.1, 0.15) is 11.1 Å². The first kappa shape index (κ1) is 13.7. The Morgan fingerprint density at radius 3 is 2.70 bits per heavy atom. The van der Waals surface area contributed by atoms with Crippen molar-refractivity contribution in [3.8, 4) is 0 Å². The molecule has 1 aromatic carbocycles. The number of pyridine rings is 1. The van der Waals surface area contributed by atoms with Crippen molar-refractivity contribution < 1.29 is 14.0 Å². The lowest BCUT2D eigenvalue weighted by Crippen LogP contribution is -2.29. The maximum Gasteiger partial charge on any atom is 0.261 e. The van der Waals surface area contributed by atoms with Crippen molar-refractivity contribution >= 4 is 5.84 Å². The van der Waals surface area contributed by atoms with Gasteiger partial charge in [0.1, 0.15) is 0 Å². The lowest BCUT2D eigenvalue weighted by atomic mass is 10.2. The second-order valence-electron chi connectivity index (χ2n) is 4.09. The summed E-state index contributed by atoms with van der Waals surface area (Å²) >= 11 is 0. The topological polar surface area (TPSA) is 80.6 Å². The van der Waals surface area contributed by atoms with Crippen LogP contribution in [-0.2, 0) is 6.54 Å². The lowest BCUT2D eigenvalue weighted by Gasteiger charge is -2.08. The van der Waals surface area contributed by atoms with Crippen LogP contribution in [0.25, 0.3) is 0 Å². The number of hydrogen-bond acceptors (Lipinski definition) is 3. The first-order valence-electron chi connectivity index (χ1n) is 5.64. The second-order valence-corrected chi connectivity index (χ2v) is 4.09. The zero-order chi connectivity index (χ0) is 14.7.